The predicted molar refractivity (Wildman–Crippen MR) is 71.8 cm³/mol. The fourth-order valence-corrected chi connectivity index (χ4v) is 2.86. The Morgan fingerprint density at radius 3 is 2.62 bits per heavy atom. The maximum absolute atomic E-state index is 4.46. The molecule has 0 atom stereocenters. The molecule has 1 heterocycles. The minimum Gasteiger partial charge on any atom is -0.365 e. The molecule has 0 saturated heterocycles. The molecule has 1 aromatic heterocycles. The largest absolute Gasteiger partial charge is 0.365 e. The van der Waals surface area contributed by atoms with Crippen LogP contribution in [0.2, 0.25) is 0 Å². The van der Waals surface area contributed by atoms with E-state index in [2.05, 4.69) is 46.1 Å². The lowest BCUT2D eigenvalue weighted by atomic mass is 9.83. The highest BCUT2D eigenvalue weighted by atomic mass is 79.9. The van der Waals surface area contributed by atoms with Crippen molar-refractivity contribution in [2.75, 3.05) is 5.32 Å². The van der Waals surface area contributed by atoms with Crippen molar-refractivity contribution in [2.24, 2.45) is 0 Å². The van der Waals surface area contributed by atoms with Crippen molar-refractivity contribution in [2.45, 2.75) is 51.5 Å². The van der Waals surface area contributed by atoms with Crippen molar-refractivity contribution in [1.29, 1.82) is 0 Å². The van der Waals surface area contributed by atoms with Gasteiger partial charge in [-0.3, -0.25) is 0 Å². The molecular weight excluding hydrogens is 264 g/mol. The molecule has 88 valence electrons. The number of anilines is 1. The molecule has 0 bridgehead atoms. The normalized spacial score (nSPS) is 19.4. The Hall–Kier alpha value is -0.570. The van der Waals surface area contributed by atoms with Gasteiger partial charge in [-0.05, 0) is 54.2 Å². The van der Waals surface area contributed by atoms with Crippen molar-refractivity contribution in [3.63, 3.8) is 0 Å². The molecule has 1 aromatic rings. The van der Waals surface area contributed by atoms with Gasteiger partial charge < -0.3 is 5.32 Å². The molecule has 2 nitrogen and oxygen atoms in total. The maximum Gasteiger partial charge on any atom is 0.129 e. The summed E-state index contributed by atoms with van der Waals surface area (Å²) in [6, 6.07) is 2.11. The highest BCUT2D eigenvalue weighted by molar-refractivity contribution is 9.10. The Morgan fingerprint density at radius 1 is 1.31 bits per heavy atom. The molecule has 16 heavy (non-hydrogen) atoms. The number of aryl methyl sites for hydroxylation is 1. The van der Waals surface area contributed by atoms with Gasteiger partial charge in [0.1, 0.15) is 5.82 Å². The van der Waals surface area contributed by atoms with E-state index in [1.807, 2.05) is 6.20 Å². The molecular formula is C13H19BrN2. The molecule has 2 rings (SSSR count). The van der Waals surface area contributed by atoms with Crippen LogP contribution in [0.25, 0.3) is 0 Å². The Labute approximate surface area is 106 Å². The van der Waals surface area contributed by atoms with E-state index in [0.717, 1.165) is 10.3 Å². The van der Waals surface area contributed by atoms with Gasteiger partial charge in [-0.25, -0.2) is 4.98 Å². The van der Waals surface area contributed by atoms with E-state index < -0.39 is 0 Å². The van der Waals surface area contributed by atoms with E-state index in [9.17, 15) is 0 Å². The van der Waals surface area contributed by atoms with Crippen molar-refractivity contribution in [3.8, 4) is 0 Å². The van der Waals surface area contributed by atoms with E-state index in [1.54, 1.807) is 0 Å². The fourth-order valence-electron chi connectivity index (χ4n) is 2.41. The van der Waals surface area contributed by atoms with Crippen molar-refractivity contribution < 1.29 is 0 Å². The first-order chi connectivity index (χ1) is 7.59. The number of aromatic nitrogens is 1. The highest BCUT2D eigenvalue weighted by Crippen LogP contribution is 2.31. The second-order valence-corrected chi connectivity index (χ2v) is 5.98. The first-order valence-electron chi connectivity index (χ1n) is 5.99. The molecule has 0 radical (unpaired) electrons. The summed E-state index contributed by atoms with van der Waals surface area (Å²) in [5.41, 5.74) is 1.45. The summed E-state index contributed by atoms with van der Waals surface area (Å²) in [6.45, 7) is 4.42. The van der Waals surface area contributed by atoms with Gasteiger partial charge in [0.15, 0.2) is 0 Å². The molecule has 1 aliphatic carbocycles. The number of pyridine rings is 1. The summed E-state index contributed by atoms with van der Waals surface area (Å²) in [7, 11) is 0. The first kappa shape index (κ1) is 11.9. The van der Waals surface area contributed by atoms with Gasteiger partial charge in [0.25, 0.3) is 0 Å². The lowest BCUT2D eigenvalue weighted by molar-refractivity contribution is 0.348. The fraction of sp³-hybridized carbons (Fsp3) is 0.615. The summed E-state index contributed by atoms with van der Waals surface area (Å²) in [4.78, 5) is 4.46. The van der Waals surface area contributed by atoms with E-state index in [0.29, 0.717) is 0 Å². The molecule has 0 amide bonds. The van der Waals surface area contributed by atoms with Crippen molar-refractivity contribution in [1.82, 2.24) is 4.98 Å². The number of halogens is 1. The van der Waals surface area contributed by atoms with Crippen LogP contribution in [0.5, 0.6) is 0 Å². The molecule has 1 N–H and O–H groups in total. The smallest absolute Gasteiger partial charge is 0.129 e. The quantitative estimate of drug-likeness (QED) is 0.876. The van der Waals surface area contributed by atoms with Crippen LogP contribution in [0.1, 0.15) is 44.6 Å². The SMILES string of the molecule is Cc1cc(Br)cnc1NC1(C)CCCCC1. The van der Waals surface area contributed by atoms with Crippen LogP contribution in [0.4, 0.5) is 5.82 Å². The Bertz CT molecular complexity index is 370. The second kappa shape index (κ2) is 4.74. The zero-order valence-electron chi connectivity index (χ0n) is 10.0. The summed E-state index contributed by atoms with van der Waals surface area (Å²) in [5, 5.41) is 3.62. The average Bonchev–Trinajstić information content (AvgIpc) is 2.23. The van der Waals surface area contributed by atoms with Gasteiger partial charge in [0.2, 0.25) is 0 Å². The highest BCUT2D eigenvalue weighted by Gasteiger charge is 2.27. The molecule has 0 unspecified atom stereocenters. The van der Waals surface area contributed by atoms with Crippen molar-refractivity contribution in [3.05, 3.63) is 22.3 Å². The first-order valence-corrected chi connectivity index (χ1v) is 6.79. The minimum atomic E-state index is 0.240. The molecule has 1 fully saturated rings. The topological polar surface area (TPSA) is 24.9 Å². The predicted octanol–water partition coefficient (Wildman–Crippen LogP) is 4.29. The van der Waals surface area contributed by atoms with Crippen LogP contribution in [-0.4, -0.2) is 10.5 Å². The monoisotopic (exact) mass is 282 g/mol. The van der Waals surface area contributed by atoms with Gasteiger partial charge in [-0.15, -0.1) is 0 Å². The number of hydrogen-bond acceptors (Lipinski definition) is 2. The van der Waals surface area contributed by atoms with E-state index in [4.69, 9.17) is 0 Å². The van der Waals surface area contributed by atoms with Crippen LogP contribution >= 0.6 is 15.9 Å². The van der Waals surface area contributed by atoms with Gasteiger partial charge in [0.05, 0.1) is 0 Å². The van der Waals surface area contributed by atoms with E-state index in [-0.39, 0.29) is 5.54 Å². The third-order valence-corrected chi connectivity index (χ3v) is 3.86. The van der Waals surface area contributed by atoms with Crippen LogP contribution < -0.4 is 5.32 Å². The third kappa shape index (κ3) is 2.76. The van der Waals surface area contributed by atoms with Crippen LogP contribution in [0.15, 0.2) is 16.7 Å². The molecule has 1 saturated carbocycles. The number of nitrogens with one attached hydrogen (secondary N) is 1. The standard InChI is InChI=1S/C13H19BrN2/c1-10-8-11(14)9-15-12(10)16-13(2)6-4-3-5-7-13/h8-9H,3-7H2,1-2H3,(H,15,16). The number of rotatable bonds is 2. The van der Waals surface area contributed by atoms with E-state index in [1.165, 1.54) is 37.7 Å². The second-order valence-electron chi connectivity index (χ2n) is 5.07. The zero-order valence-corrected chi connectivity index (χ0v) is 11.6. The van der Waals surface area contributed by atoms with Gasteiger partial charge in [0, 0.05) is 16.2 Å². The molecule has 0 spiro atoms. The lowest BCUT2D eigenvalue weighted by Crippen LogP contribution is -2.37. The molecule has 3 heteroatoms. The molecule has 1 aliphatic rings. The summed E-state index contributed by atoms with van der Waals surface area (Å²) >= 11 is 3.44. The Kier molecular flexibility index (Phi) is 3.53. The van der Waals surface area contributed by atoms with Gasteiger partial charge in [-0.1, -0.05) is 19.3 Å². The maximum atomic E-state index is 4.46. The van der Waals surface area contributed by atoms with Crippen LogP contribution in [-0.2, 0) is 0 Å². The summed E-state index contributed by atoms with van der Waals surface area (Å²) in [6.07, 6.45) is 8.41. The van der Waals surface area contributed by atoms with Crippen LogP contribution in [0, 0.1) is 6.92 Å². The summed E-state index contributed by atoms with van der Waals surface area (Å²) < 4.78 is 1.05. The Balaban J connectivity index is 2.13. The van der Waals surface area contributed by atoms with Gasteiger partial charge in [-0.2, -0.15) is 0 Å². The van der Waals surface area contributed by atoms with Crippen molar-refractivity contribution >= 4 is 21.7 Å². The molecule has 0 aliphatic heterocycles. The third-order valence-electron chi connectivity index (χ3n) is 3.42. The zero-order chi connectivity index (χ0) is 11.6. The van der Waals surface area contributed by atoms with Gasteiger partial charge >= 0.3 is 0 Å². The summed E-state index contributed by atoms with van der Waals surface area (Å²) in [5.74, 6) is 1.03. The van der Waals surface area contributed by atoms with E-state index >= 15 is 0 Å². The number of hydrogen-bond donors (Lipinski definition) is 1. The lowest BCUT2D eigenvalue weighted by Gasteiger charge is -2.35. The number of nitrogens with zero attached hydrogens (tertiary/aromatic N) is 1. The Morgan fingerprint density at radius 2 is 2.00 bits per heavy atom. The molecule has 0 aromatic carbocycles. The van der Waals surface area contributed by atoms with Crippen LogP contribution in [0.3, 0.4) is 0 Å². The minimum absolute atomic E-state index is 0.240. The average molecular weight is 283 g/mol.